The van der Waals surface area contributed by atoms with Crippen molar-refractivity contribution in [1.29, 1.82) is 0 Å². The van der Waals surface area contributed by atoms with E-state index >= 15 is 0 Å². The van der Waals surface area contributed by atoms with Crippen molar-refractivity contribution in [2.24, 2.45) is 16.2 Å². The minimum absolute atomic E-state index is 0.0209. The van der Waals surface area contributed by atoms with Crippen LogP contribution in [0.25, 0.3) is 0 Å². The number of amidine groups is 1. The lowest BCUT2D eigenvalue weighted by molar-refractivity contribution is -0.121. The molecule has 4 N–H and O–H groups in total. The van der Waals surface area contributed by atoms with E-state index in [1.807, 2.05) is 16.3 Å². The van der Waals surface area contributed by atoms with Gasteiger partial charge in [-0.2, -0.15) is 5.10 Å². The molecule has 0 saturated heterocycles. The minimum Gasteiger partial charge on any atom is -0.356 e. The third kappa shape index (κ3) is 5.65. The number of fused-ring (bicyclic) bond motifs is 3. The van der Waals surface area contributed by atoms with Crippen LogP contribution in [-0.2, 0) is 21.2 Å². The van der Waals surface area contributed by atoms with Gasteiger partial charge < -0.3 is 5.32 Å². The van der Waals surface area contributed by atoms with E-state index in [0.29, 0.717) is 49.6 Å². The number of anilines is 1. The number of nitrogens with zero attached hydrogens (tertiary/aromatic N) is 3. The molecule has 2 amide bonds. The summed E-state index contributed by atoms with van der Waals surface area (Å²) in [6.07, 6.45) is 1.83. The number of sulfonamides is 1. The lowest BCUT2D eigenvalue weighted by atomic mass is 10.1. The van der Waals surface area contributed by atoms with Crippen molar-refractivity contribution < 1.29 is 18.0 Å². The third-order valence-corrected chi connectivity index (χ3v) is 7.66. The number of hydrogen-bond acceptors (Lipinski definition) is 8. The van der Waals surface area contributed by atoms with Crippen LogP contribution in [0.4, 0.5) is 5.69 Å². The highest BCUT2D eigenvalue weighted by atomic mass is 32.2. The fourth-order valence-corrected chi connectivity index (χ4v) is 5.55. The quantitative estimate of drug-likeness (QED) is 0.440. The van der Waals surface area contributed by atoms with Crippen LogP contribution >= 0.6 is 11.3 Å². The van der Waals surface area contributed by atoms with Gasteiger partial charge in [0.05, 0.1) is 10.6 Å². The number of carbonyl (C=O) groups is 2. The highest BCUT2D eigenvalue weighted by molar-refractivity contribution is 7.89. The van der Waals surface area contributed by atoms with Crippen LogP contribution in [0.5, 0.6) is 0 Å². The number of nitrogens with one attached hydrogen (secondary N) is 2. The van der Waals surface area contributed by atoms with Gasteiger partial charge in [-0.15, -0.1) is 11.3 Å². The Labute approximate surface area is 209 Å². The second kappa shape index (κ2) is 10.3. The Morgan fingerprint density at radius 1 is 1.23 bits per heavy atom. The minimum atomic E-state index is -3.71. The van der Waals surface area contributed by atoms with Crippen LogP contribution in [0.1, 0.15) is 48.3 Å². The van der Waals surface area contributed by atoms with E-state index in [1.165, 1.54) is 23.5 Å². The standard InChI is InChI=1S/C23H30N6O4S2/c1-15(2)14-28-22(31)21-18(11-13-34-21)29-19(26-27-23(28)29)4-3-5-20(30)25-12-10-16-6-8-17(9-7-16)35(24,32)33/h6-9,11,13,15,23,27H,3-5,10,12,14H2,1-2H3,(H,25,30)(H2,24,32,33). The molecule has 10 nitrogen and oxygen atoms in total. The maximum atomic E-state index is 13.0. The molecule has 35 heavy (non-hydrogen) atoms. The molecule has 0 spiro atoms. The van der Waals surface area contributed by atoms with Crippen LogP contribution in [0.2, 0.25) is 0 Å². The Morgan fingerprint density at radius 2 is 1.97 bits per heavy atom. The topological polar surface area (TPSA) is 137 Å². The second-order valence-corrected chi connectivity index (χ2v) is 11.5. The van der Waals surface area contributed by atoms with Crippen LogP contribution in [0.3, 0.4) is 0 Å². The molecule has 188 valence electrons. The molecule has 3 heterocycles. The van der Waals surface area contributed by atoms with Gasteiger partial charge in [-0.25, -0.2) is 13.6 Å². The molecule has 1 unspecified atom stereocenters. The molecule has 12 heteroatoms. The zero-order valence-electron chi connectivity index (χ0n) is 19.7. The number of thiophene rings is 1. The maximum absolute atomic E-state index is 13.0. The van der Waals surface area contributed by atoms with Gasteiger partial charge in [0, 0.05) is 25.9 Å². The first kappa shape index (κ1) is 25.1. The number of hydrazone groups is 1. The molecule has 1 atom stereocenters. The summed E-state index contributed by atoms with van der Waals surface area (Å²) in [4.78, 5) is 30.0. The summed E-state index contributed by atoms with van der Waals surface area (Å²) in [6.45, 7) is 5.24. The Bertz CT molecular complexity index is 1220. The molecule has 1 aromatic heterocycles. The highest BCUT2D eigenvalue weighted by Gasteiger charge is 2.43. The summed E-state index contributed by atoms with van der Waals surface area (Å²) in [5.74, 6) is 1.11. The van der Waals surface area contributed by atoms with E-state index in [9.17, 15) is 18.0 Å². The Hall–Kier alpha value is -2.96. The summed E-state index contributed by atoms with van der Waals surface area (Å²) in [6, 6.07) is 8.26. The van der Waals surface area contributed by atoms with Gasteiger partial charge >= 0.3 is 0 Å². The molecule has 0 fully saturated rings. The van der Waals surface area contributed by atoms with E-state index in [-0.39, 0.29) is 23.0 Å². The average molecular weight is 519 g/mol. The molecule has 0 bridgehead atoms. The predicted octanol–water partition coefficient (Wildman–Crippen LogP) is 2.04. The number of benzene rings is 1. The van der Waals surface area contributed by atoms with Crippen LogP contribution in [0, 0.1) is 5.92 Å². The van der Waals surface area contributed by atoms with E-state index in [1.54, 1.807) is 12.1 Å². The molecule has 0 aliphatic carbocycles. The van der Waals surface area contributed by atoms with Crippen LogP contribution in [-0.4, -0.2) is 50.3 Å². The molecule has 0 radical (unpaired) electrons. The summed E-state index contributed by atoms with van der Waals surface area (Å²) >= 11 is 1.44. The van der Waals surface area contributed by atoms with Gasteiger partial charge in [0.1, 0.15) is 10.7 Å². The summed E-state index contributed by atoms with van der Waals surface area (Å²) in [5.41, 5.74) is 4.88. The molecular formula is C23H30N6O4S2. The maximum Gasteiger partial charge on any atom is 0.269 e. The largest absolute Gasteiger partial charge is 0.356 e. The van der Waals surface area contributed by atoms with Crippen molar-refractivity contribution >= 4 is 44.7 Å². The lowest BCUT2D eigenvalue weighted by Crippen LogP contribution is -2.59. The number of rotatable bonds is 10. The molecule has 0 saturated carbocycles. The SMILES string of the molecule is CC(C)CN1C(=O)c2sccc2N2C(CCCC(=O)NCCc3ccc(S(N)(=O)=O)cc3)=NNC12. The molecule has 2 aromatic rings. The van der Waals surface area contributed by atoms with E-state index < -0.39 is 10.0 Å². The number of hydrogen-bond donors (Lipinski definition) is 3. The zero-order chi connectivity index (χ0) is 25.2. The van der Waals surface area contributed by atoms with Crippen LogP contribution in [0.15, 0.2) is 45.7 Å². The fraction of sp³-hybridized carbons (Fsp3) is 0.435. The van der Waals surface area contributed by atoms with Gasteiger partial charge in [0.15, 0.2) is 0 Å². The molecule has 2 aliphatic rings. The monoisotopic (exact) mass is 518 g/mol. The van der Waals surface area contributed by atoms with Gasteiger partial charge in [0.2, 0.25) is 22.2 Å². The second-order valence-electron chi connectivity index (χ2n) is 9.03. The van der Waals surface area contributed by atoms with Crippen molar-refractivity contribution in [3.8, 4) is 0 Å². The van der Waals surface area contributed by atoms with Crippen LogP contribution < -0.4 is 20.8 Å². The Balaban J connectivity index is 1.26. The van der Waals surface area contributed by atoms with Crippen molar-refractivity contribution in [1.82, 2.24) is 15.6 Å². The first-order valence-electron chi connectivity index (χ1n) is 11.5. The number of carbonyl (C=O) groups excluding carboxylic acids is 2. The number of primary sulfonamides is 1. The van der Waals surface area contributed by atoms with E-state index in [0.717, 1.165) is 17.1 Å². The third-order valence-electron chi connectivity index (χ3n) is 5.84. The molecule has 1 aromatic carbocycles. The van der Waals surface area contributed by atoms with Crippen molar-refractivity contribution in [3.63, 3.8) is 0 Å². The summed E-state index contributed by atoms with van der Waals surface area (Å²) in [7, 11) is -3.71. The lowest BCUT2D eigenvalue weighted by Gasteiger charge is -2.40. The van der Waals surface area contributed by atoms with Gasteiger partial charge in [0.25, 0.3) is 5.91 Å². The summed E-state index contributed by atoms with van der Waals surface area (Å²) in [5, 5.41) is 14.4. The smallest absolute Gasteiger partial charge is 0.269 e. The molecule has 2 aliphatic heterocycles. The zero-order valence-corrected chi connectivity index (χ0v) is 21.4. The normalized spacial score (nSPS) is 17.2. The number of nitrogens with two attached hydrogens (primary N) is 1. The van der Waals surface area contributed by atoms with Crippen molar-refractivity contribution in [2.75, 3.05) is 18.0 Å². The number of amides is 2. The average Bonchev–Trinajstić information content (AvgIpc) is 3.43. The van der Waals surface area contributed by atoms with Gasteiger partial charge in [-0.3, -0.25) is 24.8 Å². The Kier molecular flexibility index (Phi) is 7.43. The van der Waals surface area contributed by atoms with Crippen molar-refractivity contribution in [2.45, 2.75) is 50.7 Å². The first-order valence-corrected chi connectivity index (χ1v) is 14.0. The van der Waals surface area contributed by atoms with E-state index in [4.69, 9.17) is 5.14 Å². The van der Waals surface area contributed by atoms with Crippen molar-refractivity contribution in [3.05, 3.63) is 46.2 Å². The van der Waals surface area contributed by atoms with E-state index in [2.05, 4.69) is 34.6 Å². The molecular weight excluding hydrogens is 488 g/mol. The fourth-order valence-electron chi connectivity index (χ4n) is 4.20. The van der Waals surface area contributed by atoms with Gasteiger partial charge in [-0.1, -0.05) is 26.0 Å². The Morgan fingerprint density at radius 3 is 2.66 bits per heavy atom. The molecule has 4 rings (SSSR count). The summed E-state index contributed by atoms with van der Waals surface area (Å²) < 4.78 is 22.7. The first-order chi connectivity index (χ1) is 16.6. The predicted molar refractivity (Wildman–Crippen MR) is 135 cm³/mol. The highest BCUT2D eigenvalue weighted by Crippen LogP contribution is 2.37. The van der Waals surface area contributed by atoms with Gasteiger partial charge in [-0.05, 0) is 47.9 Å².